The number of amides is 2. The molecule has 0 aliphatic rings. The van der Waals surface area contributed by atoms with Gasteiger partial charge in [0.25, 0.3) is 0 Å². The smallest absolute Gasteiger partial charge is 0.248 e. The van der Waals surface area contributed by atoms with Crippen LogP contribution in [0.15, 0.2) is 48.5 Å². The number of tetrazole rings is 1. The van der Waals surface area contributed by atoms with Crippen LogP contribution in [-0.2, 0) is 11.3 Å². The highest BCUT2D eigenvalue weighted by Crippen LogP contribution is 2.23. The fourth-order valence-electron chi connectivity index (χ4n) is 2.11. The summed E-state index contributed by atoms with van der Waals surface area (Å²) in [6, 6.07) is 13.3. The lowest BCUT2D eigenvalue weighted by molar-refractivity contribution is -0.117. The van der Waals surface area contributed by atoms with Crippen LogP contribution in [0.25, 0.3) is 11.4 Å². The Morgan fingerprint density at radius 1 is 1.12 bits per heavy atom. The van der Waals surface area contributed by atoms with Crippen LogP contribution in [0.3, 0.4) is 0 Å². The van der Waals surface area contributed by atoms with Gasteiger partial charge in [0.15, 0.2) is 0 Å². The molecule has 3 N–H and O–H groups in total. The zero-order chi connectivity index (χ0) is 17.8. The van der Waals surface area contributed by atoms with Crippen LogP contribution in [0, 0.1) is 0 Å². The van der Waals surface area contributed by atoms with Crippen molar-refractivity contribution in [3.8, 4) is 11.4 Å². The Balaban J connectivity index is 1.66. The van der Waals surface area contributed by atoms with Gasteiger partial charge in [-0.25, -0.2) is 0 Å². The predicted molar refractivity (Wildman–Crippen MR) is 91.9 cm³/mol. The third kappa shape index (κ3) is 3.99. The standard InChI is InChI=1S/C16H13ClN6O2/c17-13-4-2-1-3-12(13)16-20-22-23(21-16)9-14(24)19-11-7-5-10(6-8-11)15(18)25/h1-8H,9H2,(H2,18,25)(H,19,24). The second-order valence-electron chi connectivity index (χ2n) is 5.11. The van der Waals surface area contributed by atoms with Gasteiger partial charge in [0.1, 0.15) is 6.54 Å². The van der Waals surface area contributed by atoms with Gasteiger partial charge in [-0.1, -0.05) is 23.7 Å². The molecule has 0 spiro atoms. The minimum Gasteiger partial charge on any atom is -0.366 e. The van der Waals surface area contributed by atoms with Gasteiger partial charge in [-0.05, 0) is 41.6 Å². The van der Waals surface area contributed by atoms with Crippen LogP contribution in [0.1, 0.15) is 10.4 Å². The number of nitrogens with two attached hydrogens (primary N) is 1. The van der Waals surface area contributed by atoms with E-state index in [0.29, 0.717) is 27.7 Å². The van der Waals surface area contributed by atoms with Gasteiger partial charge in [0.05, 0.1) is 5.02 Å². The summed E-state index contributed by atoms with van der Waals surface area (Å²) in [6.45, 7) is -0.116. The summed E-state index contributed by atoms with van der Waals surface area (Å²) in [5.41, 5.74) is 6.69. The van der Waals surface area contributed by atoms with Gasteiger partial charge >= 0.3 is 0 Å². The van der Waals surface area contributed by atoms with E-state index in [1.807, 2.05) is 6.07 Å². The van der Waals surface area contributed by atoms with Crippen molar-refractivity contribution in [3.63, 3.8) is 0 Å². The Morgan fingerprint density at radius 2 is 1.84 bits per heavy atom. The average molecular weight is 357 g/mol. The molecule has 3 rings (SSSR count). The number of hydrogen-bond acceptors (Lipinski definition) is 5. The van der Waals surface area contributed by atoms with Crippen molar-refractivity contribution in [2.75, 3.05) is 5.32 Å². The molecule has 8 nitrogen and oxygen atoms in total. The number of halogens is 1. The number of carbonyl (C=O) groups excluding carboxylic acids is 2. The Kier molecular flexibility index (Phi) is 4.71. The maximum Gasteiger partial charge on any atom is 0.248 e. The summed E-state index contributed by atoms with van der Waals surface area (Å²) in [6.07, 6.45) is 0. The van der Waals surface area contributed by atoms with Gasteiger partial charge in [0, 0.05) is 16.8 Å². The molecule has 2 amide bonds. The molecule has 126 valence electrons. The van der Waals surface area contributed by atoms with Gasteiger partial charge in [-0.15, -0.1) is 10.2 Å². The van der Waals surface area contributed by atoms with Crippen molar-refractivity contribution in [1.82, 2.24) is 20.2 Å². The van der Waals surface area contributed by atoms with Gasteiger partial charge in [-0.2, -0.15) is 4.80 Å². The van der Waals surface area contributed by atoms with Crippen molar-refractivity contribution in [2.24, 2.45) is 5.73 Å². The molecule has 0 atom stereocenters. The lowest BCUT2D eigenvalue weighted by atomic mass is 10.2. The Morgan fingerprint density at radius 3 is 2.52 bits per heavy atom. The molecule has 1 heterocycles. The van der Waals surface area contributed by atoms with E-state index in [4.69, 9.17) is 17.3 Å². The van der Waals surface area contributed by atoms with Crippen LogP contribution < -0.4 is 11.1 Å². The summed E-state index contributed by atoms with van der Waals surface area (Å²) in [7, 11) is 0. The first-order chi connectivity index (χ1) is 12.0. The first-order valence-electron chi connectivity index (χ1n) is 7.25. The molecule has 1 aromatic heterocycles. The van der Waals surface area contributed by atoms with Crippen LogP contribution >= 0.6 is 11.6 Å². The number of primary amides is 1. The summed E-state index contributed by atoms with van der Waals surface area (Å²) in [4.78, 5) is 24.2. The Labute approximate surface area is 147 Å². The monoisotopic (exact) mass is 356 g/mol. The van der Waals surface area contributed by atoms with Crippen molar-refractivity contribution in [3.05, 3.63) is 59.1 Å². The molecule has 0 saturated heterocycles. The van der Waals surface area contributed by atoms with Gasteiger partial charge in [-0.3, -0.25) is 9.59 Å². The van der Waals surface area contributed by atoms with Crippen molar-refractivity contribution in [2.45, 2.75) is 6.54 Å². The topological polar surface area (TPSA) is 116 Å². The molecule has 0 bridgehead atoms. The SMILES string of the molecule is NC(=O)c1ccc(NC(=O)Cn2nnc(-c3ccccc3Cl)n2)cc1. The molecule has 2 aromatic carbocycles. The molecule has 25 heavy (non-hydrogen) atoms. The average Bonchev–Trinajstić information content (AvgIpc) is 3.03. The fourth-order valence-corrected chi connectivity index (χ4v) is 2.33. The first-order valence-corrected chi connectivity index (χ1v) is 7.63. The summed E-state index contributed by atoms with van der Waals surface area (Å²) >= 11 is 6.09. The molecule has 0 radical (unpaired) electrons. The first kappa shape index (κ1) is 16.6. The second-order valence-corrected chi connectivity index (χ2v) is 5.52. The number of benzene rings is 2. The number of carbonyl (C=O) groups is 2. The van der Waals surface area contributed by atoms with E-state index in [1.165, 1.54) is 16.9 Å². The molecule has 0 unspecified atom stereocenters. The molecule has 0 fully saturated rings. The van der Waals surface area contributed by atoms with E-state index in [2.05, 4.69) is 20.7 Å². The molecular weight excluding hydrogens is 344 g/mol. The van der Waals surface area contributed by atoms with Gasteiger partial charge in [0.2, 0.25) is 17.6 Å². The number of nitrogens with one attached hydrogen (secondary N) is 1. The lowest BCUT2D eigenvalue weighted by Gasteiger charge is -2.04. The lowest BCUT2D eigenvalue weighted by Crippen LogP contribution is -2.20. The van der Waals surface area contributed by atoms with Gasteiger partial charge < -0.3 is 11.1 Å². The fraction of sp³-hybridized carbons (Fsp3) is 0.0625. The van der Waals surface area contributed by atoms with Crippen LogP contribution in [0.5, 0.6) is 0 Å². The van der Waals surface area contributed by atoms with E-state index >= 15 is 0 Å². The minimum atomic E-state index is -0.531. The molecule has 9 heteroatoms. The van der Waals surface area contributed by atoms with Crippen LogP contribution in [0.4, 0.5) is 5.69 Å². The number of hydrogen-bond donors (Lipinski definition) is 2. The quantitative estimate of drug-likeness (QED) is 0.722. The zero-order valence-electron chi connectivity index (χ0n) is 12.9. The highest BCUT2D eigenvalue weighted by Gasteiger charge is 2.12. The summed E-state index contributed by atoms with van der Waals surface area (Å²) in [5.74, 6) is -0.532. The maximum atomic E-state index is 12.1. The van der Waals surface area contributed by atoms with E-state index in [0.717, 1.165) is 0 Å². The van der Waals surface area contributed by atoms with Crippen molar-refractivity contribution in [1.29, 1.82) is 0 Å². The van der Waals surface area contributed by atoms with E-state index in [9.17, 15) is 9.59 Å². The predicted octanol–water partition coefficient (Wildman–Crippen LogP) is 1.73. The van der Waals surface area contributed by atoms with E-state index in [-0.39, 0.29) is 12.5 Å². The number of anilines is 1. The molecule has 3 aromatic rings. The molecule has 0 saturated carbocycles. The highest BCUT2D eigenvalue weighted by molar-refractivity contribution is 6.33. The minimum absolute atomic E-state index is 0.116. The van der Waals surface area contributed by atoms with Crippen LogP contribution in [0.2, 0.25) is 5.02 Å². The number of rotatable bonds is 5. The van der Waals surface area contributed by atoms with Crippen LogP contribution in [-0.4, -0.2) is 32.0 Å². The third-order valence-corrected chi connectivity index (χ3v) is 3.64. The summed E-state index contributed by atoms with van der Waals surface area (Å²) in [5, 5.41) is 15.1. The van der Waals surface area contributed by atoms with E-state index in [1.54, 1.807) is 30.3 Å². The van der Waals surface area contributed by atoms with Crippen molar-refractivity contribution < 1.29 is 9.59 Å². The van der Waals surface area contributed by atoms with Crippen molar-refractivity contribution >= 4 is 29.1 Å². The Bertz CT molecular complexity index is 922. The normalized spacial score (nSPS) is 10.4. The molecule has 0 aliphatic heterocycles. The largest absolute Gasteiger partial charge is 0.366 e. The zero-order valence-corrected chi connectivity index (χ0v) is 13.6. The maximum absolute atomic E-state index is 12.1. The Hall–Kier alpha value is -3.26. The number of aromatic nitrogens is 4. The van der Waals surface area contributed by atoms with E-state index < -0.39 is 5.91 Å². The third-order valence-electron chi connectivity index (χ3n) is 3.31. The molecule has 0 aliphatic carbocycles. The summed E-state index contributed by atoms with van der Waals surface area (Å²) < 4.78 is 0. The molecular formula is C16H13ClN6O2. The second kappa shape index (κ2) is 7.10. The highest BCUT2D eigenvalue weighted by atomic mass is 35.5. The number of nitrogens with zero attached hydrogens (tertiary/aromatic N) is 4.